The van der Waals surface area contributed by atoms with Gasteiger partial charge in [0.05, 0.1) is 0 Å². The summed E-state index contributed by atoms with van der Waals surface area (Å²) >= 11 is 0. The van der Waals surface area contributed by atoms with Crippen LogP contribution in [0.15, 0.2) is 24.3 Å². The van der Waals surface area contributed by atoms with Crippen LogP contribution in [0.4, 0.5) is 0 Å². The van der Waals surface area contributed by atoms with Crippen LogP contribution in [-0.2, 0) is 6.42 Å². The molecular formula is C17H32. The fourth-order valence-corrected chi connectivity index (χ4v) is 0.824. The third-order valence-electron chi connectivity index (χ3n) is 2.03. The molecule has 0 radical (unpaired) electrons. The predicted octanol–water partition coefficient (Wildman–Crippen LogP) is 6.03. The first-order valence-corrected chi connectivity index (χ1v) is 7.03. The van der Waals surface area contributed by atoms with Crippen LogP contribution in [0.5, 0.6) is 0 Å². The summed E-state index contributed by atoms with van der Waals surface area (Å²) in [6, 6.07) is 8.66. The zero-order chi connectivity index (χ0) is 13.7. The molecule has 0 saturated heterocycles. The van der Waals surface area contributed by atoms with Crippen LogP contribution in [0.3, 0.4) is 0 Å². The molecule has 0 nitrogen and oxygen atoms in total. The molecule has 17 heavy (non-hydrogen) atoms. The molecule has 0 saturated carbocycles. The van der Waals surface area contributed by atoms with E-state index in [0.717, 1.165) is 12.3 Å². The molecule has 0 N–H and O–H groups in total. The Morgan fingerprint density at radius 2 is 1.18 bits per heavy atom. The molecule has 0 aliphatic carbocycles. The van der Waals surface area contributed by atoms with E-state index in [4.69, 9.17) is 0 Å². The van der Waals surface area contributed by atoms with E-state index in [1.165, 1.54) is 24.0 Å². The quantitative estimate of drug-likeness (QED) is 0.588. The lowest BCUT2D eigenvalue weighted by Crippen LogP contribution is -1.77. The molecule has 1 rings (SSSR count). The second-order valence-corrected chi connectivity index (χ2v) is 5.07. The van der Waals surface area contributed by atoms with Crippen molar-refractivity contribution in [2.75, 3.05) is 0 Å². The average Bonchev–Trinajstić information content (AvgIpc) is 2.30. The van der Waals surface area contributed by atoms with E-state index in [1.54, 1.807) is 0 Å². The Morgan fingerprint density at radius 3 is 1.41 bits per heavy atom. The number of hydrogen-bond acceptors (Lipinski definition) is 0. The minimum absolute atomic E-state index is 0.833. The van der Waals surface area contributed by atoms with Crippen LogP contribution in [-0.4, -0.2) is 0 Å². The largest absolute Gasteiger partial charge is 0.0654 e. The highest BCUT2D eigenvalue weighted by atomic mass is 13.9. The normalized spacial score (nSPS) is 8.94. The van der Waals surface area contributed by atoms with E-state index in [9.17, 15) is 0 Å². The minimum atomic E-state index is 0.833. The maximum absolute atomic E-state index is 2.18. The molecule has 0 heterocycles. The van der Waals surface area contributed by atoms with Crippen molar-refractivity contribution in [2.45, 2.75) is 67.7 Å². The monoisotopic (exact) mass is 236 g/mol. The molecule has 1 aromatic carbocycles. The first kappa shape index (κ1) is 18.6. The molecule has 0 atom stereocenters. The van der Waals surface area contributed by atoms with E-state index >= 15 is 0 Å². The van der Waals surface area contributed by atoms with Crippen molar-refractivity contribution >= 4 is 0 Å². The van der Waals surface area contributed by atoms with Crippen LogP contribution in [0.2, 0.25) is 0 Å². The van der Waals surface area contributed by atoms with Gasteiger partial charge < -0.3 is 0 Å². The molecule has 100 valence electrons. The van der Waals surface area contributed by atoms with E-state index < -0.39 is 0 Å². The predicted molar refractivity (Wildman–Crippen MR) is 81.7 cm³/mol. The van der Waals surface area contributed by atoms with Crippen molar-refractivity contribution in [3.63, 3.8) is 0 Å². The summed E-state index contributed by atoms with van der Waals surface area (Å²) in [7, 11) is 0. The summed E-state index contributed by atoms with van der Waals surface area (Å²) in [6.45, 7) is 15.1. The van der Waals surface area contributed by atoms with Gasteiger partial charge in [0.15, 0.2) is 0 Å². The Kier molecular flexibility index (Phi) is 14.5. The summed E-state index contributed by atoms with van der Waals surface area (Å²) in [5, 5.41) is 0. The zero-order valence-electron chi connectivity index (χ0n) is 13.0. The van der Waals surface area contributed by atoms with Gasteiger partial charge in [0.2, 0.25) is 0 Å². The minimum Gasteiger partial charge on any atom is -0.0654 e. The first-order valence-electron chi connectivity index (χ1n) is 7.03. The van der Waals surface area contributed by atoms with Crippen molar-refractivity contribution in [2.24, 2.45) is 5.92 Å². The molecule has 0 heteroatoms. The molecule has 0 aromatic heterocycles. The van der Waals surface area contributed by atoms with E-state index in [2.05, 4.69) is 72.7 Å². The first-order chi connectivity index (χ1) is 7.97. The highest BCUT2D eigenvalue weighted by Crippen LogP contribution is 2.02. The lowest BCUT2D eigenvalue weighted by molar-refractivity contribution is 0.737. The van der Waals surface area contributed by atoms with E-state index in [-0.39, 0.29) is 0 Å². The number of benzene rings is 1. The molecule has 0 unspecified atom stereocenters. The van der Waals surface area contributed by atoms with Gasteiger partial charge in [0.1, 0.15) is 0 Å². The molecule has 0 fully saturated rings. The average molecular weight is 236 g/mol. The fourth-order valence-electron chi connectivity index (χ4n) is 0.824. The van der Waals surface area contributed by atoms with Crippen LogP contribution in [0, 0.1) is 12.8 Å². The van der Waals surface area contributed by atoms with Gasteiger partial charge >= 0.3 is 0 Å². The summed E-state index contributed by atoms with van der Waals surface area (Å²) in [5.41, 5.74) is 2.76. The number of unbranched alkanes of at least 4 members (excludes halogenated alkanes) is 1. The Hall–Kier alpha value is -0.780. The van der Waals surface area contributed by atoms with Crippen molar-refractivity contribution in [3.8, 4) is 0 Å². The fraction of sp³-hybridized carbons (Fsp3) is 0.647. The molecular weight excluding hydrogens is 204 g/mol. The van der Waals surface area contributed by atoms with Gasteiger partial charge in [-0.3, -0.25) is 0 Å². The van der Waals surface area contributed by atoms with Crippen LogP contribution < -0.4 is 0 Å². The molecule has 0 amide bonds. The van der Waals surface area contributed by atoms with E-state index in [1.807, 2.05) is 0 Å². The summed E-state index contributed by atoms with van der Waals surface area (Å²) in [6.07, 6.45) is 3.78. The van der Waals surface area contributed by atoms with Gasteiger partial charge in [-0.25, -0.2) is 0 Å². The third-order valence-corrected chi connectivity index (χ3v) is 2.03. The highest BCUT2D eigenvalue weighted by molar-refractivity contribution is 5.20. The van der Waals surface area contributed by atoms with Gasteiger partial charge in [0.25, 0.3) is 0 Å². The maximum Gasteiger partial charge on any atom is -0.0307 e. The topological polar surface area (TPSA) is 0 Å². The number of aryl methyl sites for hydroxylation is 2. The Labute approximate surface area is 109 Å². The van der Waals surface area contributed by atoms with Gasteiger partial charge in [-0.15, -0.1) is 0 Å². The van der Waals surface area contributed by atoms with Crippen molar-refractivity contribution in [1.29, 1.82) is 0 Å². The Bertz CT molecular complexity index is 226. The number of hydrogen-bond donors (Lipinski definition) is 0. The lowest BCUT2D eigenvalue weighted by atomic mass is 10.1. The molecule has 0 aliphatic heterocycles. The summed E-state index contributed by atoms with van der Waals surface area (Å²) in [5.74, 6) is 0.833. The highest BCUT2D eigenvalue weighted by Gasteiger charge is 1.84. The Balaban J connectivity index is 0. The number of rotatable bonds is 2. The summed E-state index contributed by atoms with van der Waals surface area (Å²) < 4.78 is 0. The van der Waals surface area contributed by atoms with Crippen LogP contribution >= 0.6 is 0 Å². The van der Waals surface area contributed by atoms with Crippen molar-refractivity contribution in [1.82, 2.24) is 0 Å². The van der Waals surface area contributed by atoms with Gasteiger partial charge in [-0.2, -0.15) is 0 Å². The third kappa shape index (κ3) is 17.8. The van der Waals surface area contributed by atoms with Crippen molar-refractivity contribution in [3.05, 3.63) is 35.4 Å². The van der Waals surface area contributed by atoms with E-state index in [0.29, 0.717) is 0 Å². The summed E-state index contributed by atoms with van der Waals surface area (Å²) in [4.78, 5) is 0. The maximum atomic E-state index is 2.18. The molecule has 0 aliphatic rings. The lowest BCUT2D eigenvalue weighted by Gasteiger charge is -1.94. The van der Waals surface area contributed by atoms with Gasteiger partial charge in [-0.05, 0) is 24.8 Å². The second kappa shape index (κ2) is 13.3. The molecule has 0 bridgehead atoms. The van der Waals surface area contributed by atoms with Crippen LogP contribution in [0.1, 0.15) is 65.5 Å². The Morgan fingerprint density at radius 1 is 0.824 bits per heavy atom. The van der Waals surface area contributed by atoms with Crippen molar-refractivity contribution < 1.29 is 0 Å². The second-order valence-electron chi connectivity index (χ2n) is 5.07. The standard InChI is InChI=1S/C9H12.2C4H10/c1-3-9-6-4-8(2)5-7-9;1-4(2)3;1-3-4-2/h4-7H,3H2,1-2H3;4H,1-3H3;3-4H2,1-2H3. The zero-order valence-corrected chi connectivity index (χ0v) is 13.0. The SMILES string of the molecule is CC(C)C.CCCC.CCc1ccc(C)cc1. The van der Waals surface area contributed by atoms with Gasteiger partial charge in [-0.1, -0.05) is 84.2 Å². The smallest absolute Gasteiger partial charge is 0.0307 e. The van der Waals surface area contributed by atoms with Gasteiger partial charge in [0, 0.05) is 0 Å². The molecule has 0 spiro atoms. The molecule has 1 aromatic rings. The van der Waals surface area contributed by atoms with Crippen LogP contribution in [0.25, 0.3) is 0 Å².